The van der Waals surface area contributed by atoms with Crippen LogP contribution in [0.4, 0.5) is 0 Å². The van der Waals surface area contributed by atoms with E-state index < -0.39 is 15.8 Å². The Labute approximate surface area is 130 Å². The molecule has 122 valence electrons. The van der Waals surface area contributed by atoms with Crippen LogP contribution in [0.15, 0.2) is 24.3 Å². The first-order valence-electron chi connectivity index (χ1n) is 7.04. The van der Waals surface area contributed by atoms with Crippen molar-refractivity contribution in [3.05, 3.63) is 35.4 Å². The zero-order chi connectivity index (χ0) is 16.6. The average Bonchev–Trinajstić information content (AvgIpc) is 2.41. The molecule has 0 aromatic heterocycles. The van der Waals surface area contributed by atoms with E-state index in [0.29, 0.717) is 24.1 Å². The van der Waals surface area contributed by atoms with E-state index in [1.54, 1.807) is 24.3 Å². The molecule has 0 aliphatic rings. The number of carbonyl (C=O) groups excluding carboxylic acids is 1. The molecule has 6 nitrogen and oxygen atoms in total. The molecule has 0 saturated carbocycles. The molecule has 1 aromatic carbocycles. The first-order chi connectivity index (χ1) is 10.3. The van der Waals surface area contributed by atoms with Crippen molar-refractivity contribution in [2.75, 3.05) is 12.8 Å². The molecule has 1 rings (SSSR count). The van der Waals surface area contributed by atoms with Crippen molar-refractivity contribution in [2.24, 2.45) is 0 Å². The van der Waals surface area contributed by atoms with Gasteiger partial charge in [-0.15, -0.1) is 0 Å². The molecule has 0 bridgehead atoms. The molecule has 0 radical (unpaired) electrons. The minimum absolute atomic E-state index is 0.0432. The molecule has 1 amide bonds. The first kappa shape index (κ1) is 18.2. The van der Waals surface area contributed by atoms with Crippen LogP contribution in [0.5, 0.6) is 0 Å². The maximum absolute atomic E-state index is 11.9. The summed E-state index contributed by atoms with van der Waals surface area (Å²) in [4.78, 5) is 22.2. The highest BCUT2D eigenvalue weighted by Gasteiger charge is 2.07. The van der Waals surface area contributed by atoms with Gasteiger partial charge in [0.2, 0.25) is 0 Å². The van der Waals surface area contributed by atoms with Crippen LogP contribution in [0.25, 0.3) is 0 Å². The predicted octanol–water partition coefficient (Wildman–Crippen LogP) is 1.61. The Bertz CT molecular complexity index is 607. The highest BCUT2D eigenvalue weighted by molar-refractivity contribution is 7.89. The summed E-state index contributed by atoms with van der Waals surface area (Å²) in [5.74, 6) is -1.07. The quantitative estimate of drug-likeness (QED) is 0.671. The lowest BCUT2D eigenvalue weighted by Gasteiger charge is -2.06. The summed E-state index contributed by atoms with van der Waals surface area (Å²) < 4.78 is 22.3. The number of sulfone groups is 1. The van der Waals surface area contributed by atoms with Crippen LogP contribution in [-0.4, -0.2) is 38.2 Å². The van der Waals surface area contributed by atoms with Gasteiger partial charge in [-0.1, -0.05) is 18.6 Å². The Morgan fingerprint density at radius 1 is 1.09 bits per heavy atom. The van der Waals surface area contributed by atoms with Gasteiger partial charge in [0.25, 0.3) is 5.91 Å². The van der Waals surface area contributed by atoms with Crippen LogP contribution in [0.1, 0.15) is 41.6 Å². The van der Waals surface area contributed by atoms with E-state index >= 15 is 0 Å². The third-order valence-electron chi connectivity index (χ3n) is 3.00. The van der Waals surface area contributed by atoms with Gasteiger partial charge in [0, 0.05) is 24.8 Å². The van der Waals surface area contributed by atoms with Crippen molar-refractivity contribution in [1.82, 2.24) is 5.32 Å². The monoisotopic (exact) mass is 327 g/mol. The Hall–Kier alpha value is -1.89. The Morgan fingerprint density at radius 3 is 2.27 bits per heavy atom. The minimum Gasteiger partial charge on any atom is -0.481 e. The number of unbranched alkanes of at least 4 members (excludes halogenated alkanes) is 2. The van der Waals surface area contributed by atoms with Gasteiger partial charge in [0.15, 0.2) is 9.84 Å². The van der Waals surface area contributed by atoms with Crippen molar-refractivity contribution in [1.29, 1.82) is 0 Å². The van der Waals surface area contributed by atoms with E-state index in [1.807, 2.05) is 0 Å². The predicted molar refractivity (Wildman–Crippen MR) is 83.4 cm³/mol. The molecule has 0 saturated heterocycles. The summed E-state index contributed by atoms with van der Waals surface area (Å²) in [5, 5.41) is 11.2. The molecule has 22 heavy (non-hydrogen) atoms. The first-order valence-corrected chi connectivity index (χ1v) is 9.10. The lowest BCUT2D eigenvalue weighted by Crippen LogP contribution is -2.24. The van der Waals surface area contributed by atoms with E-state index in [-0.39, 0.29) is 18.1 Å². The van der Waals surface area contributed by atoms with Gasteiger partial charge in [0.1, 0.15) is 0 Å². The number of carboxylic acids is 1. The maximum atomic E-state index is 11.9. The maximum Gasteiger partial charge on any atom is 0.303 e. The van der Waals surface area contributed by atoms with E-state index in [2.05, 4.69) is 5.32 Å². The lowest BCUT2D eigenvalue weighted by atomic mass is 10.1. The third-order valence-corrected chi connectivity index (χ3v) is 3.86. The van der Waals surface area contributed by atoms with Crippen LogP contribution >= 0.6 is 0 Å². The lowest BCUT2D eigenvalue weighted by molar-refractivity contribution is -0.137. The second-order valence-corrected chi connectivity index (χ2v) is 7.37. The summed E-state index contributed by atoms with van der Waals surface area (Å²) in [6, 6.07) is 6.45. The van der Waals surface area contributed by atoms with E-state index in [9.17, 15) is 18.0 Å². The molecule has 0 spiro atoms. The molecular formula is C15H21NO5S. The summed E-state index contributed by atoms with van der Waals surface area (Å²) in [5.41, 5.74) is 1.12. The molecule has 0 aliphatic carbocycles. The molecular weight excluding hydrogens is 306 g/mol. The van der Waals surface area contributed by atoms with Crippen LogP contribution in [-0.2, 0) is 20.4 Å². The van der Waals surface area contributed by atoms with Gasteiger partial charge in [-0.3, -0.25) is 9.59 Å². The fourth-order valence-electron chi connectivity index (χ4n) is 1.94. The number of carboxylic acid groups (broad SMARTS) is 1. The molecule has 1 aromatic rings. The number of hydrogen-bond acceptors (Lipinski definition) is 4. The van der Waals surface area contributed by atoms with Crippen molar-refractivity contribution in [3.8, 4) is 0 Å². The van der Waals surface area contributed by atoms with Crippen LogP contribution in [0, 0.1) is 0 Å². The van der Waals surface area contributed by atoms with Crippen molar-refractivity contribution >= 4 is 21.7 Å². The molecule has 0 heterocycles. The summed E-state index contributed by atoms with van der Waals surface area (Å²) in [6.07, 6.45) is 3.39. The Balaban J connectivity index is 2.35. The number of benzene rings is 1. The van der Waals surface area contributed by atoms with Crippen molar-refractivity contribution in [3.63, 3.8) is 0 Å². The van der Waals surface area contributed by atoms with E-state index in [0.717, 1.165) is 19.1 Å². The summed E-state index contributed by atoms with van der Waals surface area (Å²) in [7, 11) is -3.08. The molecule has 0 atom stereocenters. The molecule has 2 N–H and O–H groups in total. The standard InChI is InChI=1S/C15H21NO5S/c1-22(20,21)11-12-6-8-13(9-7-12)15(19)16-10-4-2-3-5-14(17)18/h6-9H,2-5,10-11H2,1H3,(H,16,19)(H,17,18). The van der Waals surface area contributed by atoms with Gasteiger partial charge in [0.05, 0.1) is 5.75 Å². The fourth-order valence-corrected chi connectivity index (χ4v) is 2.74. The normalized spacial score (nSPS) is 11.1. The summed E-state index contributed by atoms with van der Waals surface area (Å²) in [6.45, 7) is 0.490. The number of aliphatic carboxylic acids is 1. The SMILES string of the molecule is CS(=O)(=O)Cc1ccc(C(=O)NCCCCCC(=O)O)cc1. The third kappa shape index (κ3) is 7.78. The largest absolute Gasteiger partial charge is 0.481 e. The van der Waals surface area contributed by atoms with Crippen molar-refractivity contribution < 1.29 is 23.1 Å². The molecule has 0 unspecified atom stereocenters. The Kier molecular flexibility index (Phi) is 7.04. The van der Waals surface area contributed by atoms with Crippen LogP contribution < -0.4 is 5.32 Å². The fraction of sp³-hybridized carbons (Fsp3) is 0.467. The van der Waals surface area contributed by atoms with Crippen LogP contribution in [0.3, 0.4) is 0 Å². The smallest absolute Gasteiger partial charge is 0.303 e. The van der Waals surface area contributed by atoms with E-state index in [4.69, 9.17) is 5.11 Å². The van der Waals surface area contributed by atoms with Gasteiger partial charge in [-0.05, 0) is 30.5 Å². The second-order valence-electron chi connectivity index (χ2n) is 5.23. The highest BCUT2D eigenvalue weighted by Crippen LogP contribution is 2.08. The molecule has 0 aliphatic heterocycles. The number of nitrogens with one attached hydrogen (secondary N) is 1. The molecule has 7 heteroatoms. The van der Waals surface area contributed by atoms with Crippen LogP contribution in [0.2, 0.25) is 0 Å². The number of hydrogen-bond donors (Lipinski definition) is 2. The second kappa shape index (κ2) is 8.53. The average molecular weight is 327 g/mol. The van der Waals surface area contributed by atoms with Gasteiger partial charge in [-0.25, -0.2) is 8.42 Å². The summed E-state index contributed by atoms with van der Waals surface area (Å²) >= 11 is 0. The number of carbonyl (C=O) groups is 2. The number of amides is 1. The molecule has 0 fully saturated rings. The zero-order valence-corrected chi connectivity index (χ0v) is 13.4. The van der Waals surface area contributed by atoms with Gasteiger partial charge < -0.3 is 10.4 Å². The van der Waals surface area contributed by atoms with E-state index in [1.165, 1.54) is 0 Å². The number of rotatable bonds is 9. The van der Waals surface area contributed by atoms with Crippen molar-refractivity contribution in [2.45, 2.75) is 31.4 Å². The minimum atomic E-state index is -3.08. The van der Waals surface area contributed by atoms with Gasteiger partial charge in [-0.2, -0.15) is 0 Å². The topological polar surface area (TPSA) is 101 Å². The Morgan fingerprint density at radius 2 is 1.73 bits per heavy atom. The van der Waals surface area contributed by atoms with Gasteiger partial charge >= 0.3 is 5.97 Å². The highest BCUT2D eigenvalue weighted by atomic mass is 32.2. The zero-order valence-electron chi connectivity index (χ0n) is 12.5.